The predicted octanol–water partition coefficient (Wildman–Crippen LogP) is 32.0. The average Bonchev–Trinajstić information content (AvgIpc) is 1.58. The Labute approximate surface area is 707 Å². The molecule has 0 unspecified atom stereocenters. The van der Waals surface area contributed by atoms with Crippen molar-refractivity contribution >= 4 is 195 Å². The van der Waals surface area contributed by atoms with Gasteiger partial charge < -0.3 is 9.13 Å². The largest absolute Gasteiger partial charge is 0.309 e. The predicted molar refractivity (Wildman–Crippen MR) is 524 cm³/mol. The third-order valence-corrected chi connectivity index (χ3v) is 25.9. The van der Waals surface area contributed by atoms with E-state index in [1.165, 1.54) is 212 Å². The monoisotopic (exact) mass is 1560 g/mol. The molecular formula is C118H73N5. The van der Waals surface area contributed by atoms with Crippen molar-refractivity contribution < 1.29 is 0 Å². The molecule has 0 radical (unpaired) electrons. The van der Waals surface area contributed by atoms with Crippen molar-refractivity contribution in [3.63, 3.8) is 0 Å². The van der Waals surface area contributed by atoms with Crippen LogP contribution in [-0.4, -0.2) is 23.7 Å². The Kier molecular flexibility index (Phi) is 16.0. The summed E-state index contributed by atoms with van der Waals surface area (Å²) < 4.78 is 7.18. The van der Waals surface area contributed by atoms with Gasteiger partial charge in [-0.25, -0.2) is 4.98 Å². The molecule has 0 amide bonds. The Morgan fingerprint density at radius 2 is 0.488 bits per heavy atom. The summed E-state index contributed by atoms with van der Waals surface area (Å²) in [7, 11) is 0. The van der Waals surface area contributed by atoms with E-state index >= 15 is 0 Å². The lowest BCUT2D eigenvalue weighted by Gasteiger charge is -2.16. The maximum Gasteiger partial charge on any atom is 0.138 e. The van der Waals surface area contributed by atoms with Crippen LogP contribution in [0.25, 0.3) is 246 Å². The second-order valence-electron chi connectivity index (χ2n) is 32.5. The van der Waals surface area contributed by atoms with E-state index in [1.807, 2.05) is 12.3 Å². The molecule has 0 bridgehead atoms. The second-order valence-corrected chi connectivity index (χ2v) is 32.5. The number of hydrogen-bond donors (Lipinski definition) is 0. The Hall–Kier alpha value is -16.3. The van der Waals surface area contributed by atoms with Crippen LogP contribution >= 0.6 is 0 Å². The first-order chi connectivity index (χ1) is 61.1. The summed E-state index contributed by atoms with van der Waals surface area (Å²) in [5.74, 6) is 0.928. The minimum Gasteiger partial charge on any atom is -0.309 e. The molecular weight excluding hydrogens is 1490 g/mol. The third-order valence-electron chi connectivity index (χ3n) is 25.9. The summed E-state index contributed by atoms with van der Waals surface area (Å²) in [5.41, 5.74) is 16.2. The molecule has 5 nitrogen and oxygen atoms in total. The molecule has 0 saturated carbocycles. The molecule has 27 rings (SSSR count). The van der Waals surface area contributed by atoms with Crippen LogP contribution in [0.3, 0.4) is 0 Å². The maximum absolute atomic E-state index is 5.14. The highest BCUT2D eigenvalue weighted by molar-refractivity contribution is 6.32. The summed E-state index contributed by atoms with van der Waals surface area (Å²) >= 11 is 0. The summed E-state index contributed by atoms with van der Waals surface area (Å²) in [6.45, 7) is 0. The standard InChI is InChI=1S/C44H27N.C39H24N2.C35H22N2/c1-2-14-29-28(12-1)13-11-22-30(29)36-24-25-43(37-20-8-7-17-33(36)37)45-42-23-10-9-21-38(42)41-26-39-34-18-5-3-15-31(34)32-16-4-6-19-35(32)40(39)27-44(41)45;1-2-12-27-25(10-1)11-9-18-32(27)37-21-20-26(24-40-37)41-38-19-8-7-17-33(38)36-22-34-30-15-5-3-13-28(30)29-14-4-6-16-31(29)35(34)23-39(36)41;1-2-11-23(12-3-1)32-18-10-20-35(36-32)37-33-19-9-8-17-28(33)31-21-29-26-15-6-4-13-24(26)25-14-5-7-16-27(25)30(29)22-34(31)37/h1-27H;1-24H;1-22H. The first kappa shape index (κ1) is 69.7. The summed E-state index contributed by atoms with van der Waals surface area (Å²) in [6, 6.07) is 158. The highest BCUT2D eigenvalue weighted by atomic mass is 15.1. The van der Waals surface area contributed by atoms with Gasteiger partial charge in [-0.15, -0.1) is 0 Å². The molecule has 0 spiro atoms. The van der Waals surface area contributed by atoms with Gasteiger partial charge in [0, 0.05) is 48.8 Å². The molecule has 5 heteroatoms. The topological polar surface area (TPSA) is 40.6 Å². The van der Waals surface area contributed by atoms with Gasteiger partial charge in [0.05, 0.1) is 62.1 Å². The van der Waals surface area contributed by atoms with Crippen LogP contribution in [0.4, 0.5) is 0 Å². The molecule has 570 valence electrons. The van der Waals surface area contributed by atoms with E-state index in [-0.39, 0.29) is 0 Å². The molecule has 0 aliphatic heterocycles. The van der Waals surface area contributed by atoms with Crippen molar-refractivity contribution in [3.8, 4) is 50.8 Å². The number of benzene rings is 22. The fourth-order valence-corrected chi connectivity index (χ4v) is 20.5. The van der Waals surface area contributed by atoms with Crippen molar-refractivity contribution in [2.75, 3.05) is 0 Å². The molecule has 0 aliphatic carbocycles. The molecule has 0 aliphatic rings. The number of hydrogen-bond acceptors (Lipinski definition) is 2. The number of fused-ring (bicyclic) bond motifs is 30. The quantitative estimate of drug-likeness (QED) is 0.156. The van der Waals surface area contributed by atoms with Crippen LogP contribution in [-0.2, 0) is 0 Å². The van der Waals surface area contributed by atoms with Gasteiger partial charge in [-0.1, -0.05) is 352 Å². The lowest BCUT2D eigenvalue weighted by atomic mass is 9.93. The fourth-order valence-electron chi connectivity index (χ4n) is 20.5. The van der Waals surface area contributed by atoms with Gasteiger partial charge in [0.25, 0.3) is 0 Å². The van der Waals surface area contributed by atoms with Crippen molar-refractivity contribution in [1.82, 2.24) is 23.7 Å². The van der Waals surface area contributed by atoms with Crippen molar-refractivity contribution in [3.05, 3.63) is 443 Å². The van der Waals surface area contributed by atoms with E-state index in [2.05, 4.69) is 444 Å². The average molecular weight is 1560 g/mol. The van der Waals surface area contributed by atoms with Crippen LogP contribution in [0.1, 0.15) is 0 Å². The SMILES string of the molecule is c1ccc(-c2cccc(-n3c4ccccc4c4cc5c6ccccc6c6ccccc6c5cc43)n2)cc1.c1ccc2c(-c3ccc(-n4c5ccccc5c5cc6c7ccccc7c7ccccc7c6cc54)c4ccccc34)cccc2c1.c1ccc2c(-c3ccc(-n4c5ccccc5c5cc6c7ccccc7c7ccccc7c6cc54)cn3)cccc2c1. The van der Waals surface area contributed by atoms with E-state index in [1.54, 1.807) is 0 Å². The molecule has 27 aromatic rings. The minimum atomic E-state index is 0.928. The van der Waals surface area contributed by atoms with E-state index in [0.717, 1.165) is 34.0 Å². The maximum atomic E-state index is 5.14. The van der Waals surface area contributed by atoms with Gasteiger partial charge in [-0.2, -0.15) is 0 Å². The van der Waals surface area contributed by atoms with Gasteiger partial charge in [0.2, 0.25) is 0 Å². The van der Waals surface area contributed by atoms with Crippen LogP contribution in [0.15, 0.2) is 443 Å². The zero-order valence-corrected chi connectivity index (χ0v) is 66.9. The highest BCUT2D eigenvalue weighted by Crippen LogP contribution is 2.48. The molecule has 123 heavy (non-hydrogen) atoms. The van der Waals surface area contributed by atoms with Crippen LogP contribution < -0.4 is 0 Å². The van der Waals surface area contributed by atoms with Crippen LogP contribution in [0, 0.1) is 0 Å². The smallest absolute Gasteiger partial charge is 0.138 e. The van der Waals surface area contributed by atoms with Gasteiger partial charge in [-0.05, 0) is 220 Å². The molecule has 5 heterocycles. The van der Waals surface area contributed by atoms with Crippen molar-refractivity contribution in [1.29, 1.82) is 0 Å². The molecule has 0 fully saturated rings. The van der Waals surface area contributed by atoms with Crippen molar-refractivity contribution in [2.24, 2.45) is 0 Å². The minimum absolute atomic E-state index is 0.928. The summed E-state index contributed by atoms with van der Waals surface area (Å²) in [4.78, 5) is 10.1. The number of nitrogens with zero attached hydrogens (tertiary/aromatic N) is 5. The number of aromatic nitrogens is 5. The van der Waals surface area contributed by atoms with E-state index in [4.69, 9.17) is 9.97 Å². The molecule has 5 aromatic heterocycles. The zero-order valence-electron chi connectivity index (χ0n) is 66.9. The summed E-state index contributed by atoms with van der Waals surface area (Å²) in [6.07, 6.45) is 2.02. The van der Waals surface area contributed by atoms with Crippen LogP contribution in [0.2, 0.25) is 0 Å². The van der Waals surface area contributed by atoms with E-state index < -0.39 is 0 Å². The van der Waals surface area contributed by atoms with E-state index in [0.29, 0.717) is 0 Å². The Morgan fingerprint density at radius 1 is 0.163 bits per heavy atom. The number of para-hydroxylation sites is 3. The first-order valence-corrected chi connectivity index (χ1v) is 42.3. The normalized spacial score (nSPS) is 11.9. The molecule has 22 aromatic carbocycles. The van der Waals surface area contributed by atoms with Crippen LogP contribution in [0.5, 0.6) is 0 Å². The molecule has 0 saturated heterocycles. The Morgan fingerprint density at radius 3 is 0.943 bits per heavy atom. The second kappa shape index (κ2) is 28.2. The summed E-state index contributed by atoms with van der Waals surface area (Å²) in [5, 5.41) is 38.3. The lowest BCUT2D eigenvalue weighted by Crippen LogP contribution is -1.98. The highest BCUT2D eigenvalue weighted by Gasteiger charge is 2.24. The van der Waals surface area contributed by atoms with E-state index in [9.17, 15) is 0 Å². The molecule has 0 atom stereocenters. The van der Waals surface area contributed by atoms with Gasteiger partial charge in [0.1, 0.15) is 5.82 Å². The number of rotatable bonds is 6. The van der Waals surface area contributed by atoms with Crippen molar-refractivity contribution in [2.45, 2.75) is 0 Å². The van der Waals surface area contributed by atoms with Gasteiger partial charge in [-0.3, -0.25) is 9.55 Å². The third kappa shape index (κ3) is 11.0. The molecule has 0 N–H and O–H groups in total. The Balaban J connectivity index is 0.000000102. The fraction of sp³-hybridized carbons (Fsp3) is 0. The first-order valence-electron chi connectivity index (χ1n) is 42.3. The number of pyridine rings is 2. The lowest BCUT2D eigenvalue weighted by molar-refractivity contribution is 1.08. The zero-order chi connectivity index (χ0) is 80.7. The van der Waals surface area contributed by atoms with Gasteiger partial charge in [0.15, 0.2) is 0 Å². The van der Waals surface area contributed by atoms with Gasteiger partial charge >= 0.3 is 0 Å². The Bertz CT molecular complexity index is 9070.